The van der Waals surface area contributed by atoms with Crippen molar-refractivity contribution in [3.8, 4) is 11.6 Å². The van der Waals surface area contributed by atoms with E-state index in [1.165, 1.54) is 0 Å². The van der Waals surface area contributed by atoms with Gasteiger partial charge >= 0.3 is 0 Å². The van der Waals surface area contributed by atoms with Gasteiger partial charge in [0.15, 0.2) is 11.6 Å². The molecule has 2 aromatic heterocycles. The second kappa shape index (κ2) is 4.35. The summed E-state index contributed by atoms with van der Waals surface area (Å²) in [6.07, 6.45) is 2.54. The standard InChI is InChI=1S/C12H15N3O/c1-4-9-7-10(13-3)15-12(14-9)11-8(2)5-6-16-11/h5-7H,4H2,1-3H3,(H,13,14,15). The molecule has 0 bridgehead atoms. The molecule has 2 rings (SSSR count). The lowest BCUT2D eigenvalue weighted by Crippen LogP contribution is -2.00. The highest BCUT2D eigenvalue weighted by molar-refractivity contribution is 5.55. The van der Waals surface area contributed by atoms with E-state index in [1.807, 2.05) is 26.1 Å². The molecule has 0 amide bonds. The lowest BCUT2D eigenvalue weighted by atomic mass is 10.2. The fourth-order valence-corrected chi connectivity index (χ4v) is 1.51. The Hall–Kier alpha value is -1.84. The SMILES string of the molecule is CCc1cc(NC)nc(-c2occc2C)n1. The Kier molecular flexibility index (Phi) is 2.90. The maximum atomic E-state index is 5.40. The lowest BCUT2D eigenvalue weighted by Gasteiger charge is -2.05. The molecular weight excluding hydrogens is 202 g/mol. The Morgan fingerprint density at radius 1 is 1.38 bits per heavy atom. The predicted molar refractivity (Wildman–Crippen MR) is 63.4 cm³/mol. The number of hydrogen-bond acceptors (Lipinski definition) is 4. The summed E-state index contributed by atoms with van der Waals surface area (Å²) in [6, 6.07) is 3.86. The summed E-state index contributed by atoms with van der Waals surface area (Å²) < 4.78 is 5.40. The van der Waals surface area contributed by atoms with Crippen LogP contribution in [0.3, 0.4) is 0 Å². The van der Waals surface area contributed by atoms with E-state index in [-0.39, 0.29) is 0 Å². The zero-order valence-electron chi connectivity index (χ0n) is 9.74. The average Bonchev–Trinajstić information content (AvgIpc) is 2.74. The van der Waals surface area contributed by atoms with E-state index in [0.29, 0.717) is 5.82 Å². The van der Waals surface area contributed by atoms with Gasteiger partial charge in [-0.1, -0.05) is 6.92 Å². The number of nitrogens with zero attached hydrogens (tertiary/aromatic N) is 2. The topological polar surface area (TPSA) is 51.0 Å². The van der Waals surface area contributed by atoms with Crippen molar-refractivity contribution in [3.05, 3.63) is 29.7 Å². The van der Waals surface area contributed by atoms with Crippen LogP contribution in [0.15, 0.2) is 22.8 Å². The molecule has 0 aliphatic carbocycles. The Labute approximate surface area is 94.7 Å². The number of aromatic nitrogens is 2. The smallest absolute Gasteiger partial charge is 0.198 e. The molecule has 0 aromatic carbocycles. The molecule has 0 saturated carbocycles. The van der Waals surface area contributed by atoms with Gasteiger partial charge in [0.1, 0.15) is 5.82 Å². The molecule has 0 atom stereocenters. The normalized spacial score (nSPS) is 10.4. The fourth-order valence-electron chi connectivity index (χ4n) is 1.51. The van der Waals surface area contributed by atoms with Crippen LogP contribution in [-0.2, 0) is 6.42 Å². The van der Waals surface area contributed by atoms with Crippen molar-refractivity contribution >= 4 is 5.82 Å². The Bertz CT molecular complexity index is 469. The molecule has 0 aliphatic heterocycles. The third kappa shape index (κ3) is 1.91. The number of anilines is 1. The maximum Gasteiger partial charge on any atom is 0.198 e. The van der Waals surface area contributed by atoms with Crippen molar-refractivity contribution in [3.63, 3.8) is 0 Å². The summed E-state index contributed by atoms with van der Waals surface area (Å²) in [5, 5.41) is 3.03. The zero-order chi connectivity index (χ0) is 11.5. The molecule has 1 N–H and O–H groups in total. The molecule has 0 spiro atoms. The average molecular weight is 217 g/mol. The van der Waals surface area contributed by atoms with E-state index < -0.39 is 0 Å². The van der Waals surface area contributed by atoms with Crippen LogP contribution in [0.2, 0.25) is 0 Å². The molecule has 4 heteroatoms. The minimum atomic E-state index is 0.645. The highest BCUT2D eigenvalue weighted by Crippen LogP contribution is 2.22. The summed E-state index contributed by atoms with van der Waals surface area (Å²) in [6.45, 7) is 4.06. The quantitative estimate of drug-likeness (QED) is 0.858. The third-order valence-electron chi connectivity index (χ3n) is 2.46. The number of hydrogen-bond donors (Lipinski definition) is 1. The van der Waals surface area contributed by atoms with Crippen molar-refractivity contribution in [2.24, 2.45) is 0 Å². The van der Waals surface area contributed by atoms with Gasteiger partial charge in [0.25, 0.3) is 0 Å². The minimum Gasteiger partial charge on any atom is -0.461 e. The molecule has 0 unspecified atom stereocenters. The van der Waals surface area contributed by atoms with Gasteiger partial charge in [-0.25, -0.2) is 9.97 Å². The second-order valence-corrected chi connectivity index (χ2v) is 3.60. The van der Waals surface area contributed by atoms with Crippen LogP contribution in [-0.4, -0.2) is 17.0 Å². The first kappa shape index (κ1) is 10.7. The molecule has 4 nitrogen and oxygen atoms in total. The van der Waals surface area contributed by atoms with Gasteiger partial charge in [0.05, 0.1) is 6.26 Å². The highest BCUT2D eigenvalue weighted by Gasteiger charge is 2.10. The first-order valence-corrected chi connectivity index (χ1v) is 5.34. The van der Waals surface area contributed by atoms with Gasteiger partial charge in [-0.2, -0.15) is 0 Å². The third-order valence-corrected chi connectivity index (χ3v) is 2.46. The first-order chi connectivity index (χ1) is 7.74. The molecule has 0 fully saturated rings. The molecule has 2 aromatic rings. The van der Waals surface area contributed by atoms with E-state index >= 15 is 0 Å². The van der Waals surface area contributed by atoms with Crippen LogP contribution in [0, 0.1) is 6.92 Å². The summed E-state index contributed by atoms with van der Waals surface area (Å²) in [5.41, 5.74) is 2.06. The van der Waals surface area contributed by atoms with Gasteiger partial charge in [0, 0.05) is 18.8 Å². The van der Waals surface area contributed by atoms with Crippen LogP contribution in [0.1, 0.15) is 18.2 Å². The van der Waals surface area contributed by atoms with Gasteiger partial charge in [-0.15, -0.1) is 0 Å². The van der Waals surface area contributed by atoms with Crippen molar-refractivity contribution in [1.82, 2.24) is 9.97 Å². The molecule has 2 heterocycles. The second-order valence-electron chi connectivity index (χ2n) is 3.60. The van der Waals surface area contributed by atoms with Crippen molar-refractivity contribution < 1.29 is 4.42 Å². The van der Waals surface area contributed by atoms with Gasteiger partial charge in [-0.3, -0.25) is 0 Å². The number of nitrogens with one attached hydrogen (secondary N) is 1. The first-order valence-electron chi connectivity index (χ1n) is 5.34. The molecule has 0 radical (unpaired) electrons. The Morgan fingerprint density at radius 3 is 2.75 bits per heavy atom. The van der Waals surface area contributed by atoms with Gasteiger partial charge in [-0.05, 0) is 25.0 Å². The molecule has 84 valence electrons. The number of aryl methyl sites for hydroxylation is 2. The van der Waals surface area contributed by atoms with E-state index in [2.05, 4.69) is 22.2 Å². The lowest BCUT2D eigenvalue weighted by molar-refractivity contribution is 0.575. The van der Waals surface area contributed by atoms with E-state index in [0.717, 1.165) is 29.3 Å². The molecule has 0 saturated heterocycles. The van der Waals surface area contributed by atoms with Crippen LogP contribution in [0.4, 0.5) is 5.82 Å². The van der Waals surface area contributed by atoms with Crippen molar-refractivity contribution in [2.75, 3.05) is 12.4 Å². The summed E-state index contributed by atoms with van der Waals surface area (Å²) in [4.78, 5) is 8.85. The van der Waals surface area contributed by atoms with Gasteiger partial charge < -0.3 is 9.73 Å². The van der Waals surface area contributed by atoms with E-state index in [9.17, 15) is 0 Å². The largest absolute Gasteiger partial charge is 0.461 e. The summed E-state index contributed by atoms with van der Waals surface area (Å²) >= 11 is 0. The highest BCUT2D eigenvalue weighted by atomic mass is 16.3. The fraction of sp³-hybridized carbons (Fsp3) is 0.333. The molecule has 0 aliphatic rings. The van der Waals surface area contributed by atoms with Crippen molar-refractivity contribution in [1.29, 1.82) is 0 Å². The van der Waals surface area contributed by atoms with Crippen LogP contribution < -0.4 is 5.32 Å². The van der Waals surface area contributed by atoms with Crippen LogP contribution in [0.5, 0.6) is 0 Å². The monoisotopic (exact) mass is 217 g/mol. The Morgan fingerprint density at radius 2 is 2.19 bits per heavy atom. The summed E-state index contributed by atoms with van der Waals surface area (Å²) in [7, 11) is 1.85. The summed E-state index contributed by atoms with van der Waals surface area (Å²) in [5.74, 6) is 2.20. The van der Waals surface area contributed by atoms with Crippen molar-refractivity contribution in [2.45, 2.75) is 20.3 Å². The number of furan rings is 1. The van der Waals surface area contributed by atoms with Crippen LogP contribution in [0.25, 0.3) is 11.6 Å². The number of rotatable bonds is 3. The Balaban J connectivity index is 2.52. The van der Waals surface area contributed by atoms with E-state index in [4.69, 9.17) is 4.42 Å². The minimum absolute atomic E-state index is 0.645. The predicted octanol–water partition coefficient (Wildman–Crippen LogP) is 2.65. The van der Waals surface area contributed by atoms with Gasteiger partial charge in [0.2, 0.25) is 0 Å². The molecule has 16 heavy (non-hydrogen) atoms. The zero-order valence-corrected chi connectivity index (χ0v) is 9.74. The molecular formula is C12H15N3O. The van der Waals surface area contributed by atoms with E-state index in [1.54, 1.807) is 6.26 Å². The maximum absolute atomic E-state index is 5.40. The van der Waals surface area contributed by atoms with Crippen LogP contribution >= 0.6 is 0 Å².